The zero-order valence-corrected chi connectivity index (χ0v) is 13.4. The van der Waals surface area contributed by atoms with Crippen LogP contribution in [-0.4, -0.2) is 30.7 Å². The molecule has 122 valence electrons. The van der Waals surface area contributed by atoms with Gasteiger partial charge in [0, 0.05) is 22.9 Å². The minimum Gasteiger partial charge on any atom is -0.366 e. The highest BCUT2D eigenvalue weighted by Crippen LogP contribution is 2.23. The molecule has 0 atom stereocenters. The molecule has 0 unspecified atom stereocenters. The van der Waals surface area contributed by atoms with Crippen molar-refractivity contribution in [2.75, 3.05) is 6.26 Å². The maximum absolute atomic E-state index is 11.5. The van der Waals surface area contributed by atoms with E-state index in [9.17, 15) is 13.2 Å². The third kappa shape index (κ3) is 3.18. The Morgan fingerprint density at radius 1 is 1.00 bits per heavy atom. The molecule has 1 aromatic heterocycles. The molecule has 3 rings (SSSR count). The Morgan fingerprint density at radius 2 is 1.58 bits per heavy atom. The van der Waals surface area contributed by atoms with Gasteiger partial charge in [-0.2, -0.15) is 4.98 Å². The number of nitrogens with two attached hydrogens (primary N) is 1. The molecule has 0 fully saturated rings. The predicted molar refractivity (Wildman–Crippen MR) is 86.8 cm³/mol. The lowest BCUT2D eigenvalue weighted by Gasteiger charge is -1.99. The molecule has 0 radical (unpaired) electrons. The summed E-state index contributed by atoms with van der Waals surface area (Å²) in [7, 11) is -3.25. The fourth-order valence-corrected chi connectivity index (χ4v) is 2.72. The van der Waals surface area contributed by atoms with Gasteiger partial charge in [0.25, 0.3) is 5.89 Å². The maximum Gasteiger partial charge on any atom is 0.258 e. The van der Waals surface area contributed by atoms with Crippen molar-refractivity contribution in [1.82, 2.24) is 10.1 Å². The van der Waals surface area contributed by atoms with Crippen LogP contribution in [0.15, 0.2) is 57.9 Å². The molecule has 0 aliphatic rings. The van der Waals surface area contributed by atoms with Crippen LogP contribution < -0.4 is 5.73 Å². The molecule has 1 amide bonds. The number of nitrogens with zero attached hydrogens (tertiary/aromatic N) is 2. The van der Waals surface area contributed by atoms with Gasteiger partial charge in [-0.1, -0.05) is 5.16 Å². The Labute approximate surface area is 138 Å². The van der Waals surface area contributed by atoms with Gasteiger partial charge in [0.15, 0.2) is 9.84 Å². The monoisotopic (exact) mass is 343 g/mol. The van der Waals surface area contributed by atoms with Crippen molar-refractivity contribution in [3.63, 3.8) is 0 Å². The van der Waals surface area contributed by atoms with Crippen molar-refractivity contribution < 1.29 is 17.7 Å². The van der Waals surface area contributed by atoms with Crippen molar-refractivity contribution in [2.24, 2.45) is 5.73 Å². The summed E-state index contributed by atoms with van der Waals surface area (Å²) in [5.74, 6) is 0.107. The number of hydrogen-bond donors (Lipinski definition) is 1. The van der Waals surface area contributed by atoms with Gasteiger partial charge in [-0.15, -0.1) is 0 Å². The summed E-state index contributed by atoms with van der Waals surface area (Å²) in [4.78, 5) is 15.6. The van der Waals surface area contributed by atoms with Gasteiger partial charge < -0.3 is 10.3 Å². The molecule has 2 aromatic carbocycles. The number of carbonyl (C=O) groups is 1. The van der Waals surface area contributed by atoms with Gasteiger partial charge >= 0.3 is 0 Å². The Balaban J connectivity index is 1.89. The Morgan fingerprint density at radius 3 is 2.12 bits per heavy atom. The van der Waals surface area contributed by atoms with Crippen LogP contribution in [0.25, 0.3) is 22.8 Å². The van der Waals surface area contributed by atoms with Crippen LogP contribution in [0.5, 0.6) is 0 Å². The molecule has 3 aromatic rings. The van der Waals surface area contributed by atoms with Crippen LogP contribution >= 0.6 is 0 Å². The molecule has 0 aliphatic carbocycles. The van der Waals surface area contributed by atoms with Crippen molar-refractivity contribution in [2.45, 2.75) is 4.90 Å². The second-order valence-electron chi connectivity index (χ2n) is 5.16. The van der Waals surface area contributed by atoms with E-state index in [1.807, 2.05) is 0 Å². The van der Waals surface area contributed by atoms with E-state index in [1.54, 1.807) is 36.4 Å². The van der Waals surface area contributed by atoms with Gasteiger partial charge in [-0.3, -0.25) is 4.79 Å². The SMILES string of the molecule is CS(=O)(=O)c1ccc(-c2noc(-c3ccc(C(N)=O)cc3)n2)cc1. The second kappa shape index (κ2) is 5.89. The molecular formula is C16H13N3O4S. The first-order valence-electron chi connectivity index (χ1n) is 6.89. The summed E-state index contributed by atoms with van der Waals surface area (Å²) < 4.78 is 28.1. The third-order valence-electron chi connectivity index (χ3n) is 3.38. The first-order valence-corrected chi connectivity index (χ1v) is 8.78. The molecule has 8 heteroatoms. The van der Waals surface area contributed by atoms with Crippen molar-refractivity contribution in [3.8, 4) is 22.8 Å². The topological polar surface area (TPSA) is 116 Å². The lowest BCUT2D eigenvalue weighted by atomic mass is 10.1. The summed E-state index contributed by atoms with van der Waals surface area (Å²) in [6.07, 6.45) is 1.14. The van der Waals surface area contributed by atoms with E-state index in [-0.39, 0.29) is 10.8 Å². The Bertz CT molecular complexity index is 991. The van der Waals surface area contributed by atoms with Gasteiger partial charge in [-0.25, -0.2) is 8.42 Å². The highest BCUT2D eigenvalue weighted by molar-refractivity contribution is 7.90. The fraction of sp³-hybridized carbons (Fsp3) is 0.0625. The second-order valence-corrected chi connectivity index (χ2v) is 7.18. The number of primary amides is 1. The minimum atomic E-state index is -3.25. The van der Waals surface area contributed by atoms with E-state index >= 15 is 0 Å². The van der Waals surface area contributed by atoms with Gasteiger partial charge in [0.1, 0.15) is 0 Å². The standard InChI is InChI=1S/C16H13N3O4S/c1-24(21,22)13-8-6-11(7-9-13)15-18-16(23-19-15)12-4-2-10(3-5-12)14(17)20/h2-9H,1H3,(H2,17,20). The molecule has 0 saturated heterocycles. The summed E-state index contributed by atoms with van der Waals surface area (Å²) in [6, 6.07) is 12.7. The normalized spacial score (nSPS) is 11.4. The highest BCUT2D eigenvalue weighted by atomic mass is 32.2. The summed E-state index contributed by atoms with van der Waals surface area (Å²) in [5, 5.41) is 3.89. The molecule has 24 heavy (non-hydrogen) atoms. The number of aromatic nitrogens is 2. The van der Waals surface area contributed by atoms with Crippen LogP contribution in [0, 0.1) is 0 Å². The Hall–Kier alpha value is -3.00. The van der Waals surface area contributed by atoms with E-state index in [1.165, 1.54) is 12.1 Å². The molecule has 0 bridgehead atoms. The van der Waals surface area contributed by atoms with Crippen molar-refractivity contribution in [1.29, 1.82) is 0 Å². The molecule has 1 heterocycles. The van der Waals surface area contributed by atoms with Gasteiger partial charge in [-0.05, 0) is 48.5 Å². The molecular weight excluding hydrogens is 330 g/mol. The first kappa shape index (κ1) is 15.9. The summed E-state index contributed by atoms with van der Waals surface area (Å²) >= 11 is 0. The number of benzene rings is 2. The summed E-state index contributed by atoms with van der Waals surface area (Å²) in [5.41, 5.74) is 6.85. The van der Waals surface area contributed by atoms with E-state index in [0.717, 1.165) is 6.26 Å². The number of carbonyl (C=O) groups excluding carboxylic acids is 1. The number of hydrogen-bond acceptors (Lipinski definition) is 6. The average molecular weight is 343 g/mol. The third-order valence-corrected chi connectivity index (χ3v) is 4.51. The zero-order chi connectivity index (χ0) is 17.3. The van der Waals surface area contributed by atoms with Crippen molar-refractivity contribution in [3.05, 3.63) is 54.1 Å². The van der Waals surface area contributed by atoms with E-state index in [0.29, 0.717) is 22.5 Å². The first-order chi connectivity index (χ1) is 11.3. The zero-order valence-electron chi connectivity index (χ0n) is 12.6. The smallest absolute Gasteiger partial charge is 0.258 e. The lowest BCUT2D eigenvalue weighted by molar-refractivity contribution is 0.100. The lowest BCUT2D eigenvalue weighted by Crippen LogP contribution is -2.10. The van der Waals surface area contributed by atoms with E-state index in [4.69, 9.17) is 10.3 Å². The van der Waals surface area contributed by atoms with E-state index in [2.05, 4.69) is 10.1 Å². The van der Waals surface area contributed by atoms with Gasteiger partial charge in [0.2, 0.25) is 11.7 Å². The van der Waals surface area contributed by atoms with Crippen LogP contribution in [-0.2, 0) is 9.84 Å². The number of amides is 1. The minimum absolute atomic E-state index is 0.219. The molecule has 0 aliphatic heterocycles. The maximum atomic E-state index is 11.5. The largest absolute Gasteiger partial charge is 0.366 e. The van der Waals surface area contributed by atoms with Crippen molar-refractivity contribution >= 4 is 15.7 Å². The van der Waals surface area contributed by atoms with Gasteiger partial charge in [0.05, 0.1) is 4.90 Å². The molecule has 0 spiro atoms. The van der Waals surface area contributed by atoms with Crippen LogP contribution in [0.1, 0.15) is 10.4 Å². The molecule has 2 N–H and O–H groups in total. The van der Waals surface area contributed by atoms with Crippen LogP contribution in [0.3, 0.4) is 0 Å². The van der Waals surface area contributed by atoms with Crippen LogP contribution in [0.2, 0.25) is 0 Å². The predicted octanol–water partition coefficient (Wildman–Crippen LogP) is 1.91. The fourth-order valence-electron chi connectivity index (χ4n) is 2.09. The molecule has 0 saturated carbocycles. The van der Waals surface area contributed by atoms with Crippen LogP contribution in [0.4, 0.5) is 0 Å². The average Bonchev–Trinajstić information content (AvgIpc) is 3.04. The van der Waals surface area contributed by atoms with E-state index < -0.39 is 15.7 Å². The molecule has 7 nitrogen and oxygen atoms in total. The number of sulfone groups is 1. The number of rotatable bonds is 4. The quantitative estimate of drug-likeness (QED) is 0.773. The Kier molecular flexibility index (Phi) is 3.90. The highest BCUT2D eigenvalue weighted by Gasteiger charge is 2.13. The summed E-state index contributed by atoms with van der Waals surface area (Å²) in [6.45, 7) is 0.